The molecule has 0 aliphatic heterocycles. The van der Waals surface area contributed by atoms with E-state index in [1.54, 1.807) is 0 Å². The first kappa shape index (κ1) is 26.5. The topological polar surface area (TPSA) is 20.2 Å². The summed E-state index contributed by atoms with van der Waals surface area (Å²) in [5.41, 5.74) is 0. The van der Waals surface area contributed by atoms with E-state index in [4.69, 9.17) is 5.11 Å². The van der Waals surface area contributed by atoms with Crippen molar-refractivity contribution in [1.29, 1.82) is 0 Å². The van der Waals surface area contributed by atoms with Gasteiger partial charge in [-0.2, -0.15) is 0 Å². The summed E-state index contributed by atoms with van der Waals surface area (Å²) in [4.78, 5) is 0. The molecule has 0 aromatic rings. The van der Waals surface area contributed by atoms with E-state index in [1.165, 1.54) is 122 Å². The molecule has 0 saturated heterocycles. The Hall–Kier alpha value is 0.250. The molecule has 1 N–H and O–H groups in total. The summed E-state index contributed by atoms with van der Waals surface area (Å²) in [7, 11) is 0. The van der Waals surface area contributed by atoms with Gasteiger partial charge in [0.2, 0.25) is 0 Å². The lowest BCUT2D eigenvalue weighted by molar-refractivity contribution is 0.282. The highest BCUT2D eigenvalue weighted by Crippen LogP contribution is 2.14. The maximum Gasteiger partial charge on any atom is 0.0431 e. The van der Waals surface area contributed by atoms with Crippen molar-refractivity contribution in [2.45, 2.75) is 135 Å². The van der Waals surface area contributed by atoms with Crippen molar-refractivity contribution in [2.75, 3.05) is 6.61 Å². The Labute approximate surface area is 159 Å². The molecule has 0 spiro atoms. The van der Waals surface area contributed by atoms with Crippen molar-refractivity contribution in [3.05, 3.63) is 0 Å². The minimum atomic E-state index is 0. The second kappa shape index (κ2) is 25.5. The van der Waals surface area contributed by atoms with Crippen LogP contribution in [0.2, 0.25) is 0 Å². The van der Waals surface area contributed by atoms with Crippen molar-refractivity contribution >= 4 is 12.4 Å². The lowest BCUT2D eigenvalue weighted by atomic mass is 10.0. The minimum absolute atomic E-state index is 0. The number of unbranched alkanes of at least 4 members (excludes halogenated alkanes) is 19. The van der Waals surface area contributed by atoms with Crippen molar-refractivity contribution < 1.29 is 5.11 Å². The summed E-state index contributed by atoms with van der Waals surface area (Å²) < 4.78 is 0. The van der Waals surface area contributed by atoms with E-state index in [9.17, 15) is 0 Å². The standard InChI is InChI=1S/C22H46O.ClH/c1-2-3-4-5-6-7-8-9-10-11-12-13-14-15-16-17-18-19-20-21-22-23;/h23H,2-22H2,1H3;1H. The Balaban J connectivity index is 0. The fourth-order valence-electron chi connectivity index (χ4n) is 3.37. The predicted molar refractivity (Wildman–Crippen MR) is 112 cm³/mol. The van der Waals surface area contributed by atoms with Crippen molar-refractivity contribution in [3.8, 4) is 0 Å². The van der Waals surface area contributed by atoms with Crippen LogP contribution in [0.3, 0.4) is 0 Å². The highest BCUT2D eigenvalue weighted by Gasteiger charge is 1.95. The Morgan fingerprint density at radius 1 is 0.375 bits per heavy atom. The highest BCUT2D eigenvalue weighted by molar-refractivity contribution is 5.85. The molecular formula is C22H47ClO. The normalized spacial score (nSPS) is 10.8. The monoisotopic (exact) mass is 362 g/mol. The van der Waals surface area contributed by atoms with E-state index >= 15 is 0 Å². The summed E-state index contributed by atoms with van der Waals surface area (Å²) in [5.74, 6) is 0. The minimum Gasteiger partial charge on any atom is -0.396 e. The van der Waals surface area contributed by atoms with Gasteiger partial charge in [0.1, 0.15) is 0 Å². The van der Waals surface area contributed by atoms with E-state index in [0.717, 1.165) is 6.42 Å². The number of aliphatic hydroxyl groups is 1. The maximum atomic E-state index is 8.71. The maximum absolute atomic E-state index is 8.71. The van der Waals surface area contributed by atoms with Gasteiger partial charge in [-0.05, 0) is 6.42 Å². The van der Waals surface area contributed by atoms with Gasteiger partial charge >= 0.3 is 0 Å². The fraction of sp³-hybridized carbons (Fsp3) is 1.00. The first-order valence-electron chi connectivity index (χ1n) is 11.0. The quantitative estimate of drug-likeness (QED) is 0.216. The molecule has 1 nitrogen and oxygen atoms in total. The van der Waals surface area contributed by atoms with Crippen LogP contribution in [0.15, 0.2) is 0 Å². The smallest absolute Gasteiger partial charge is 0.0431 e. The van der Waals surface area contributed by atoms with Crippen molar-refractivity contribution in [2.24, 2.45) is 0 Å². The number of aliphatic hydroxyl groups excluding tert-OH is 1. The van der Waals surface area contributed by atoms with E-state index in [2.05, 4.69) is 6.92 Å². The molecule has 0 fully saturated rings. The Kier molecular flexibility index (Phi) is 28.1. The summed E-state index contributed by atoms with van der Waals surface area (Å²) in [6.45, 7) is 2.67. The third-order valence-corrected chi connectivity index (χ3v) is 5.01. The molecular weight excluding hydrogens is 316 g/mol. The Morgan fingerprint density at radius 3 is 0.792 bits per heavy atom. The van der Waals surface area contributed by atoms with Crippen LogP contribution in [0.5, 0.6) is 0 Å². The summed E-state index contributed by atoms with van der Waals surface area (Å²) in [6, 6.07) is 0. The molecule has 0 amide bonds. The first-order valence-corrected chi connectivity index (χ1v) is 11.0. The molecule has 0 atom stereocenters. The van der Waals surface area contributed by atoms with Gasteiger partial charge in [0.15, 0.2) is 0 Å². The predicted octanol–water partition coefficient (Wildman–Crippen LogP) is 8.22. The first-order chi connectivity index (χ1) is 11.4. The number of rotatable bonds is 20. The van der Waals surface area contributed by atoms with Gasteiger partial charge in [-0.25, -0.2) is 0 Å². The van der Waals surface area contributed by atoms with E-state index in [1.807, 2.05) is 0 Å². The van der Waals surface area contributed by atoms with E-state index in [-0.39, 0.29) is 12.4 Å². The zero-order valence-corrected chi connectivity index (χ0v) is 17.5. The SMILES string of the molecule is CCCCCCCCCCCCCCCCCCCCCCO.Cl. The van der Waals surface area contributed by atoms with Gasteiger partial charge in [0.25, 0.3) is 0 Å². The van der Waals surface area contributed by atoms with E-state index < -0.39 is 0 Å². The molecule has 148 valence electrons. The molecule has 0 rings (SSSR count). The van der Waals surface area contributed by atoms with Gasteiger partial charge in [-0.1, -0.05) is 129 Å². The average molecular weight is 363 g/mol. The van der Waals surface area contributed by atoms with Crippen molar-refractivity contribution in [3.63, 3.8) is 0 Å². The molecule has 0 unspecified atom stereocenters. The highest BCUT2D eigenvalue weighted by atomic mass is 35.5. The molecule has 0 aromatic carbocycles. The van der Waals surface area contributed by atoms with Gasteiger partial charge in [-0.15, -0.1) is 12.4 Å². The van der Waals surface area contributed by atoms with Crippen LogP contribution in [0, 0.1) is 0 Å². The summed E-state index contributed by atoms with van der Waals surface area (Å²) >= 11 is 0. The van der Waals surface area contributed by atoms with Crippen LogP contribution in [-0.4, -0.2) is 11.7 Å². The summed E-state index contributed by atoms with van der Waals surface area (Å²) in [5, 5.41) is 8.71. The zero-order valence-electron chi connectivity index (χ0n) is 16.7. The molecule has 0 aliphatic carbocycles. The van der Waals surface area contributed by atoms with Crippen molar-refractivity contribution in [1.82, 2.24) is 0 Å². The lowest BCUT2D eigenvalue weighted by Gasteiger charge is -2.03. The molecule has 0 radical (unpaired) electrons. The fourth-order valence-corrected chi connectivity index (χ4v) is 3.37. The molecule has 0 heterocycles. The van der Waals surface area contributed by atoms with Crippen LogP contribution in [-0.2, 0) is 0 Å². The molecule has 0 bridgehead atoms. The number of hydrogen-bond donors (Lipinski definition) is 1. The Morgan fingerprint density at radius 2 is 0.583 bits per heavy atom. The van der Waals surface area contributed by atoms with E-state index in [0.29, 0.717) is 6.61 Å². The molecule has 0 saturated carbocycles. The van der Waals surface area contributed by atoms with Crippen LogP contribution in [0.25, 0.3) is 0 Å². The lowest BCUT2D eigenvalue weighted by Crippen LogP contribution is -1.85. The van der Waals surface area contributed by atoms with Gasteiger partial charge in [-0.3, -0.25) is 0 Å². The Bertz CT molecular complexity index is 176. The van der Waals surface area contributed by atoms with Gasteiger partial charge in [0, 0.05) is 6.61 Å². The summed E-state index contributed by atoms with van der Waals surface area (Å²) in [6.07, 6.45) is 28.1. The second-order valence-corrected chi connectivity index (χ2v) is 7.44. The zero-order chi connectivity index (χ0) is 16.8. The van der Waals surface area contributed by atoms with Crippen LogP contribution >= 0.6 is 12.4 Å². The molecule has 24 heavy (non-hydrogen) atoms. The molecule has 2 heteroatoms. The van der Waals surface area contributed by atoms with Crippen LogP contribution < -0.4 is 0 Å². The van der Waals surface area contributed by atoms with Gasteiger partial charge in [0.05, 0.1) is 0 Å². The number of hydrogen-bond acceptors (Lipinski definition) is 1. The average Bonchev–Trinajstić information content (AvgIpc) is 2.57. The largest absolute Gasteiger partial charge is 0.396 e. The third-order valence-electron chi connectivity index (χ3n) is 5.01. The van der Waals surface area contributed by atoms with Crippen LogP contribution in [0.1, 0.15) is 135 Å². The van der Waals surface area contributed by atoms with Crippen LogP contribution in [0.4, 0.5) is 0 Å². The molecule has 0 aromatic heterocycles. The second-order valence-electron chi connectivity index (χ2n) is 7.44. The third kappa shape index (κ3) is 24.5. The van der Waals surface area contributed by atoms with Gasteiger partial charge < -0.3 is 5.11 Å². The number of halogens is 1. The molecule has 0 aliphatic rings.